The highest BCUT2D eigenvalue weighted by atomic mass is 15.4. The van der Waals surface area contributed by atoms with E-state index in [2.05, 4.69) is 27.4 Å². The van der Waals surface area contributed by atoms with Gasteiger partial charge in [-0.1, -0.05) is 18.2 Å². The Balaban J connectivity index is 2.13. The summed E-state index contributed by atoms with van der Waals surface area (Å²) in [6.45, 7) is 2.59. The van der Waals surface area contributed by atoms with Gasteiger partial charge in [0.1, 0.15) is 0 Å². The lowest BCUT2D eigenvalue weighted by atomic mass is 10.1. The van der Waals surface area contributed by atoms with E-state index in [1.54, 1.807) is 4.52 Å². The number of hydrogen-bond acceptors (Lipinski definition) is 4. The van der Waals surface area contributed by atoms with Gasteiger partial charge in [-0.25, -0.2) is 0 Å². The first-order chi connectivity index (χ1) is 9.28. The van der Waals surface area contributed by atoms with E-state index in [1.807, 2.05) is 31.2 Å². The van der Waals surface area contributed by atoms with Crippen LogP contribution in [-0.4, -0.2) is 26.4 Å². The molecular formula is C14H15N5. The van der Waals surface area contributed by atoms with Crippen molar-refractivity contribution in [3.05, 3.63) is 47.7 Å². The second kappa shape index (κ2) is 4.78. The van der Waals surface area contributed by atoms with Gasteiger partial charge < -0.3 is 5.73 Å². The Kier molecular flexibility index (Phi) is 2.97. The average molecular weight is 253 g/mol. The first-order valence-corrected chi connectivity index (χ1v) is 6.26. The van der Waals surface area contributed by atoms with E-state index in [0.717, 1.165) is 29.1 Å². The van der Waals surface area contributed by atoms with Crippen LogP contribution in [0.2, 0.25) is 0 Å². The third kappa shape index (κ3) is 2.20. The molecule has 2 aromatic heterocycles. The fourth-order valence-electron chi connectivity index (χ4n) is 2.09. The van der Waals surface area contributed by atoms with Gasteiger partial charge in [-0.15, -0.1) is 10.2 Å². The largest absolute Gasteiger partial charge is 0.330 e. The van der Waals surface area contributed by atoms with E-state index in [1.165, 1.54) is 5.56 Å². The number of aromatic nitrogens is 4. The van der Waals surface area contributed by atoms with Crippen LogP contribution in [0.5, 0.6) is 0 Å². The zero-order valence-electron chi connectivity index (χ0n) is 10.7. The van der Waals surface area contributed by atoms with Crippen molar-refractivity contribution in [2.24, 2.45) is 5.73 Å². The average Bonchev–Trinajstić information content (AvgIpc) is 2.82. The van der Waals surface area contributed by atoms with Crippen LogP contribution in [0.15, 0.2) is 36.4 Å². The van der Waals surface area contributed by atoms with Crippen LogP contribution < -0.4 is 5.73 Å². The molecule has 0 radical (unpaired) electrons. The van der Waals surface area contributed by atoms with Crippen molar-refractivity contribution in [1.29, 1.82) is 0 Å². The van der Waals surface area contributed by atoms with Gasteiger partial charge in [-0.05, 0) is 43.7 Å². The molecule has 5 nitrogen and oxygen atoms in total. The van der Waals surface area contributed by atoms with Gasteiger partial charge in [0.25, 0.3) is 0 Å². The summed E-state index contributed by atoms with van der Waals surface area (Å²) in [5.74, 6) is 0.762. The van der Waals surface area contributed by atoms with Gasteiger partial charge in [-0.3, -0.25) is 0 Å². The van der Waals surface area contributed by atoms with Crippen LogP contribution in [0.1, 0.15) is 11.3 Å². The number of fused-ring (bicyclic) bond motifs is 1. The van der Waals surface area contributed by atoms with Gasteiger partial charge in [0, 0.05) is 5.56 Å². The number of benzene rings is 1. The summed E-state index contributed by atoms with van der Waals surface area (Å²) in [5, 5.41) is 12.8. The van der Waals surface area contributed by atoms with Crippen LogP contribution in [0.4, 0.5) is 0 Å². The summed E-state index contributed by atoms with van der Waals surface area (Å²) in [6.07, 6.45) is 0.858. The molecule has 1 aromatic carbocycles. The molecule has 19 heavy (non-hydrogen) atoms. The van der Waals surface area contributed by atoms with Crippen molar-refractivity contribution in [3.63, 3.8) is 0 Å². The topological polar surface area (TPSA) is 69.1 Å². The molecule has 2 heterocycles. The molecule has 0 aliphatic heterocycles. The van der Waals surface area contributed by atoms with Crippen molar-refractivity contribution in [2.75, 3.05) is 6.54 Å². The summed E-state index contributed by atoms with van der Waals surface area (Å²) in [4.78, 5) is 0. The third-order valence-electron chi connectivity index (χ3n) is 3.01. The summed E-state index contributed by atoms with van der Waals surface area (Å²) in [7, 11) is 0. The first-order valence-electron chi connectivity index (χ1n) is 6.26. The van der Waals surface area contributed by atoms with Crippen molar-refractivity contribution in [2.45, 2.75) is 13.3 Å². The van der Waals surface area contributed by atoms with E-state index in [0.29, 0.717) is 6.54 Å². The fraction of sp³-hybridized carbons (Fsp3) is 0.214. The fourth-order valence-corrected chi connectivity index (χ4v) is 2.09. The van der Waals surface area contributed by atoms with E-state index in [-0.39, 0.29) is 0 Å². The highest BCUT2D eigenvalue weighted by Crippen LogP contribution is 2.19. The predicted octanol–water partition coefficient (Wildman–Crippen LogP) is 1.60. The standard InChI is InChI=1S/C14H15N5/c1-10-5-6-13-16-17-14(19(13)18-10)12-4-2-3-11(9-12)7-8-15/h2-6,9H,7-8,15H2,1H3. The highest BCUT2D eigenvalue weighted by Gasteiger charge is 2.09. The Bertz CT molecular complexity index is 717. The molecule has 0 saturated carbocycles. The lowest BCUT2D eigenvalue weighted by Gasteiger charge is -2.03. The molecule has 0 aliphatic carbocycles. The quantitative estimate of drug-likeness (QED) is 0.769. The van der Waals surface area contributed by atoms with Crippen molar-refractivity contribution in [1.82, 2.24) is 19.8 Å². The number of nitrogens with zero attached hydrogens (tertiary/aromatic N) is 4. The van der Waals surface area contributed by atoms with Gasteiger partial charge in [0.15, 0.2) is 11.5 Å². The number of aryl methyl sites for hydroxylation is 1. The monoisotopic (exact) mass is 253 g/mol. The lowest BCUT2D eigenvalue weighted by molar-refractivity contribution is 0.900. The smallest absolute Gasteiger partial charge is 0.185 e. The number of hydrogen-bond donors (Lipinski definition) is 1. The van der Waals surface area contributed by atoms with Gasteiger partial charge in [0.2, 0.25) is 0 Å². The molecule has 0 spiro atoms. The Morgan fingerprint density at radius 2 is 2.05 bits per heavy atom. The number of nitrogens with two attached hydrogens (primary N) is 1. The zero-order valence-corrected chi connectivity index (χ0v) is 10.7. The van der Waals surface area contributed by atoms with Crippen LogP contribution >= 0.6 is 0 Å². The second-order valence-corrected chi connectivity index (χ2v) is 4.51. The Morgan fingerprint density at radius 3 is 2.89 bits per heavy atom. The SMILES string of the molecule is Cc1ccc2nnc(-c3cccc(CCN)c3)n2n1. The van der Waals surface area contributed by atoms with Gasteiger partial charge in [-0.2, -0.15) is 9.61 Å². The molecule has 0 aliphatic rings. The minimum absolute atomic E-state index is 0.640. The maximum atomic E-state index is 5.59. The molecule has 2 N–H and O–H groups in total. The normalized spacial score (nSPS) is 11.1. The molecule has 0 amide bonds. The Labute approximate surface area is 111 Å². The maximum Gasteiger partial charge on any atom is 0.185 e. The molecule has 0 saturated heterocycles. The lowest BCUT2D eigenvalue weighted by Crippen LogP contribution is -2.03. The molecule has 3 rings (SSSR count). The van der Waals surface area contributed by atoms with Crippen molar-refractivity contribution in [3.8, 4) is 11.4 Å². The van der Waals surface area contributed by atoms with E-state index >= 15 is 0 Å². The van der Waals surface area contributed by atoms with Gasteiger partial charge in [0.05, 0.1) is 5.69 Å². The molecule has 0 atom stereocenters. The maximum absolute atomic E-state index is 5.59. The zero-order chi connectivity index (χ0) is 13.2. The molecular weight excluding hydrogens is 238 g/mol. The van der Waals surface area contributed by atoms with E-state index in [4.69, 9.17) is 5.73 Å². The molecule has 3 aromatic rings. The number of rotatable bonds is 3. The molecule has 0 fully saturated rings. The highest BCUT2D eigenvalue weighted by molar-refractivity contribution is 5.59. The van der Waals surface area contributed by atoms with Crippen LogP contribution in [0.3, 0.4) is 0 Å². The van der Waals surface area contributed by atoms with Crippen LogP contribution in [0.25, 0.3) is 17.0 Å². The van der Waals surface area contributed by atoms with Crippen molar-refractivity contribution >= 4 is 5.65 Å². The Morgan fingerprint density at radius 1 is 1.16 bits per heavy atom. The summed E-state index contributed by atoms with van der Waals surface area (Å²) >= 11 is 0. The van der Waals surface area contributed by atoms with Crippen LogP contribution in [-0.2, 0) is 6.42 Å². The molecule has 0 unspecified atom stereocenters. The van der Waals surface area contributed by atoms with Crippen molar-refractivity contribution < 1.29 is 0 Å². The third-order valence-corrected chi connectivity index (χ3v) is 3.01. The minimum Gasteiger partial charge on any atom is -0.330 e. The Hall–Kier alpha value is -2.27. The minimum atomic E-state index is 0.640. The summed E-state index contributed by atoms with van der Waals surface area (Å²) in [5.41, 5.74) is 9.49. The second-order valence-electron chi connectivity index (χ2n) is 4.51. The first kappa shape index (κ1) is 11.8. The molecule has 5 heteroatoms. The molecule has 0 bridgehead atoms. The predicted molar refractivity (Wildman–Crippen MR) is 73.7 cm³/mol. The van der Waals surface area contributed by atoms with E-state index in [9.17, 15) is 0 Å². The molecule has 96 valence electrons. The van der Waals surface area contributed by atoms with Crippen LogP contribution in [0, 0.1) is 6.92 Å². The summed E-state index contributed by atoms with van der Waals surface area (Å²) in [6, 6.07) is 12.0. The van der Waals surface area contributed by atoms with Gasteiger partial charge >= 0.3 is 0 Å². The van der Waals surface area contributed by atoms with E-state index < -0.39 is 0 Å². The summed E-state index contributed by atoms with van der Waals surface area (Å²) < 4.78 is 1.77.